The number of methoxy groups -OCH3 is 1. The molecule has 0 aromatic heterocycles. The summed E-state index contributed by atoms with van der Waals surface area (Å²) in [4.78, 5) is 0. The van der Waals surface area contributed by atoms with E-state index in [2.05, 4.69) is 36.5 Å². The summed E-state index contributed by atoms with van der Waals surface area (Å²) in [6, 6.07) is 8.51. The number of ether oxygens (including phenoxy) is 1. The Kier molecular flexibility index (Phi) is 2.73. The second kappa shape index (κ2) is 4.01. The Bertz CT molecular complexity index is 311. The zero-order valence-corrected chi connectivity index (χ0v) is 8.79. The van der Waals surface area contributed by atoms with E-state index in [0.29, 0.717) is 12.0 Å². The molecule has 1 heterocycles. The largest absolute Gasteiger partial charge is 0.384 e. The highest BCUT2D eigenvalue weighted by Gasteiger charge is 2.22. The van der Waals surface area contributed by atoms with E-state index in [1.165, 1.54) is 11.3 Å². The van der Waals surface area contributed by atoms with Crippen LogP contribution in [0.25, 0.3) is 0 Å². The Morgan fingerprint density at radius 1 is 1.43 bits per heavy atom. The van der Waals surface area contributed by atoms with Gasteiger partial charge in [0.15, 0.2) is 0 Å². The Morgan fingerprint density at radius 3 is 3.00 bits per heavy atom. The lowest BCUT2D eigenvalue weighted by Crippen LogP contribution is -2.32. The molecule has 2 atom stereocenters. The van der Waals surface area contributed by atoms with E-state index in [-0.39, 0.29) is 0 Å². The number of hydrogen-bond donors (Lipinski definition) is 1. The van der Waals surface area contributed by atoms with E-state index in [4.69, 9.17) is 4.74 Å². The summed E-state index contributed by atoms with van der Waals surface area (Å²) in [6.45, 7) is 3.16. The van der Waals surface area contributed by atoms with Crippen LogP contribution >= 0.6 is 0 Å². The van der Waals surface area contributed by atoms with Crippen molar-refractivity contribution in [2.24, 2.45) is 5.92 Å². The fraction of sp³-hybridized carbons (Fsp3) is 0.500. The van der Waals surface area contributed by atoms with Gasteiger partial charge in [0.1, 0.15) is 0 Å². The molecule has 0 saturated heterocycles. The third-order valence-electron chi connectivity index (χ3n) is 3.09. The molecule has 0 spiro atoms. The molecule has 1 aromatic rings. The Hall–Kier alpha value is -1.02. The van der Waals surface area contributed by atoms with Crippen LogP contribution in [0, 0.1) is 5.92 Å². The van der Waals surface area contributed by atoms with Crippen molar-refractivity contribution in [1.82, 2.24) is 0 Å². The summed E-state index contributed by atoms with van der Waals surface area (Å²) in [5.41, 5.74) is 2.69. The van der Waals surface area contributed by atoms with E-state index < -0.39 is 0 Å². The van der Waals surface area contributed by atoms with Crippen LogP contribution in [0.1, 0.15) is 12.5 Å². The first-order valence-corrected chi connectivity index (χ1v) is 5.16. The van der Waals surface area contributed by atoms with Gasteiger partial charge in [-0.05, 0) is 25.0 Å². The van der Waals surface area contributed by atoms with Crippen LogP contribution in [0.15, 0.2) is 24.3 Å². The third kappa shape index (κ3) is 1.75. The minimum absolute atomic E-state index is 0.329. The molecular formula is C12H17NO. The van der Waals surface area contributed by atoms with E-state index in [0.717, 1.165) is 13.0 Å². The molecule has 0 bridgehead atoms. The minimum Gasteiger partial charge on any atom is -0.384 e. The molecule has 0 saturated carbocycles. The second-order valence-corrected chi connectivity index (χ2v) is 3.94. The third-order valence-corrected chi connectivity index (χ3v) is 3.09. The molecule has 14 heavy (non-hydrogen) atoms. The monoisotopic (exact) mass is 191 g/mol. The van der Waals surface area contributed by atoms with Gasteiger partial charge < -0.3 is 10.1 Å². The predicted octanol–water partition coefficient (Wildman–Crippen LogP) is 2.31. The van der Waals surface area contributed by atoms with Gasteiger partial charge in [0.05, 0.1) is 6.10 Å². The lowest BCUT2D eigenvalue weighted by atomic mass is 9.90. The minimum atomic E-state index is 0.329. The van der Waals surface area contributed by atoms with Gasteiger partial charge in [0, 0.05) is 25.3 Å². The zero-order chi connectivity index (χ0) is 9.97. The average Bonchev–Trinajstić information content (AvgIpc) is 2.27. The van der Waals surface area contributed by atoms with Crippen LogP contribution in [0.2, 0.25) is 0 Å². The number of para-hydroxylation sites is 1. The summed E-state index contributed by atoms with van der Waals surface area (Å²) in [5.74, 6) is 0.592. The van der Waals surface area contributed by atoms with Crippen molar-refractivity contribution >= 4 is 5.69 Å². The Labute approximate surface area is 85.3 Å². The molecule has 0 aliphatic carbocycles. The fourth-order valence-corrected chi connectivity index (χ4v) is 1.99. The highest BCUT2D eigenvalue weighted by atomic mass is 16.5. The van der Waals surface area contributed by atoms with E-state index in [1.807, 2.05) is 0 Å². The van der Waals surface area contributed by atoms with Gasteiger partial charge in [-0.2, -0.15) is 0 Å². The summed E-state index contributed by atoms with van der Waals surface area (Å²) >= 11 is 0. The molecule has 0 fully saturated rings. The van der Waals surface area contributed by atoms with E-state index >= 15 is 0 Å². The highest BCUT2D eigenvalue weighted by Crippen LogP contribution is 2.26. The molecule has 2 heteroatoms. The normalized spacial score (nSPS) is 22.3. The average molecular weight is 191 g/mol. The smallest absolute Gasteiger partial charge is 0.0591 e. The maximum atomic E-state index is 5.36. The van der Waals surface area contributed by atoms with Crippen molar-refractivity contribution in [3.63, 3.8) is 0 Å². The molecule has 1 aromatic carbocycles. The maximum absolute atomic E-state index is 5.36. The predicted molar refractivity (Wildman–Crippen MR) is 58.6 cm³/mol. The first-order valence-electron chi connectivity index (χ1n) is 5.16. The van der Waals surface area contributed by atoms with Gasteiger partial charge in [0.25, 0.3) is 0 Å². The molecule has 1 N–H and O–H groups in total. The quantitative estimate of drug-likeness (QED) is 0.774. The van der Waals surface area contributed by atoms with Crippen LogP contribution in [0.4, 0.5) is 5.69 Å². The highest BCUT2D eigenvalue weighted by molar-refractivity contribution is 5.53. The standard InChI is InChI=1S/C12H17NO/c1-9(14-2)11-7-10-5-3-4-6-12(10)13-8-11/h3-6,9,11,13H,7-8H2,1-2H3. The SMILES string of the molecule is COC(C)C1CNc2ccccc2C1. The molecule has 2 unspecified atom stereocenters. The molecular weight excluding hydrogens is 174 g/mol. The first-order chi connectivity index (χ1) is 6.81. The second-order valence-electron chi connectivity index (χ2n) is 3.94. The molecule has 1 aliphatic rings. The number of nitrogens with one attached hydrogen (secondary N) is 1. The first kappa shape index (κ1) is 9.53. The van der Waals surface area contributed by atoms with Crippen molar-refractivity contribution in [2.45, 2.75) is 19.4 Å². The number of benzene rings is 1. The van der Waals surface area contributed by atoms with Gasteiger partial charge in [-0.3, -0.25) is 0 Å². The lowest BCUT2D eigenvalue weighted by molar-refractivity contribution is 0.0704. The van der Waals surface area contributed by atoms with Crippen molar-refractivity contribution in [3.8, 4) is 0 Å². The zero-order valence-electron chi connectivity index (χ0n) is 8.79. The molecule has 2 rings (SSSR count). The molecule has 2 nitrogen and oxygen atoms in total. The summed E-state index contributed by atoms with van der Waals surface area (Å²) < 4.78 is 5.36. The van der Waals surface area contributed by atoms with E-state index in [9.17, 15) is 0 Å². The van der Waals surface area contributed by atoms with Crippen LogP contribution in [-0.4, -0.2) is 19.8 Å². The maximum Gasteiger partial charge on any atom is 0.0591 e. The number of anilines is 1. The van der Waals surface area contributed by atoms with Crippen molar-refractivity contribution in [3.05, 3.63) is 29.8 Å². The molecule has 0 radical (unpaired) electrons. The van der Waals surface area contributed by atoms with Crippen molar-refractivity contribution < 1.29 is 4.74 Å². The summed E-state index contributed by atoms with van der Waals surface area (Å²) in [6.07, 6.45) is 1.45. The van der Waals surface area contributed by atoms with Crippen LogP contribution < -0.4 is 5.32 Å². The fourth-order valence-electron chi connectivity index (χ4n) is 1.99. The topological polar surface area (TPSA) is 21.3 Å². The summed E-state index contributed by atoms with van der Waals surface area (Å²) in [7, 11) is 1.78. The van der Waals surface area contributed by atoms with Crippen LogP contribution in [-0.2, 0) is 11.2 Å². The van der Waals surface area contributed by atoms with Crippen LogP contribution in [0.5, 0.6) is 0 Å². The number of hydrogen-bond acceptors (Lipinski definition) is 2. The Morgan fingerprint density at radius 2 is 2.21 bits per heavy atom. The van der Waals surface area contributed by atoms with Crippen molar-refractivity contribution in [1.29, 1.82) is 0 Å². The molecule has 0 amide bonds. The number of fused-ring (bicyclic) bond motifs is 1. The van der Waals surface area contributed by atoms with Gasteiger partial charge in [-0.1, -0.05) is 18.2 Å². The van der Waals surface area contributed by atoms with Gasteiger partial charge in [0.2, 0.25) is 0 Å². The Balaban J connectivity index is 2.13. The van der Waals surface area contributed by atoms with Gasteiger partial charge in [-0.15, -0.1) is 0 Å². The van der Waals surface area contributed by atoms with Crippen molar-refractivity contribution in [2.75, 3.05) is 19.0 Å². The summed E-state index contributed by atoms with van der Waals surface area (Å²) in [5, 5.41) is 3.45. The molecule has 1 aliphatic heterocycles. The van der Waals surface area contributed by atoms with Crippen LogP contribution in [0.3, 0.4) is 0 Å². The number of rotatable bonds is 2. The lowest BCUT2D eigenvalue weighted by Gasteiger charge is -2.29. The van der Waals surface area contributed by atoms with Gasteiger partial charge >= 0.3 is 0 Å². The van der Waals surface area contributed by atoms with Gasteiger partial charge in [-0.25, -0.2) is 0 Å². The molecule has 76 valence electrons. The van der Waals surface area contributed by atoms with E-state index in [1.54, 1.807) is 7.11 Å².